The lowest BCUT2D eigenvalue weighted by atomic mass is 10.1. The van der Waals surface area contributed by atoms with Crippen molar-refractivity contribution < 1.29 is 37.0 Å². The van der Waals surface area contributed by atoms with Gasteiger partial charge in [-0.2, -0.15) is 4.31 Å². The maximum Gasteiger partial charge on any atom is 0.252 e. The molecule has 2 aliphatic rings. The van der Waals surface area contributed by atoms with Crippen molar-refractivity contribution in [1.82, 2.24) is 4.31 Å². The summed E-state index contributed by atoms with van der Waals surface area (Å²) in [6.45, 7) is 1.19. The Morgan fingerprint density at radius 1 is 1.03 bits per heavy atom. The molecule has 0 radical (unpaired) electrons. The first-order valence-corrected chi connectivity index (χ1v) is 13.4. The second-order valence-electron chi connectivity index (χ2n) is 8.93. The number of nitrogens with one attached hydrogen (secondary N) is 1. The highest BCUT2D eigenvalue weighted by atomic mass is 32.2. The first kappa shape index (κ1) is 26.2. The van der Waals surface area contributed by atoms with Crippen LogP contribution in [0.2, 0.25) is 0 Å². The third kappa shape index (κ3) is 5.16. The summed E-state index contributed by atoms with van der Waals surface area (Å²) in [6, 6.07) is 15.7. The number of imide groups is 1. The Balaban J connectivity index is 1.51. The van der Waals surface area contributed by atoms with Crippen LogP contribution in [-0.4, -0.2) is 50.4 Å². The summed E-state index contributed by atoms with van der Waals surface area (Å²) in [5.41, 5.74) is 1.27. The number of hydrogen-bond donors (Lipinski definition) is 1. The normalized spacial score (nSPS) is 16.6. The van der Waals surface area contributed by atoms with Gasteiger partial charge in [-0.25, -0.2) is 13.3 Å². The highest BCUT2D eigenvalue weighted by Gasteiger charge is 2.47. The molecule has 3 aromatic rings. The maximum atomic E-state index is 14.0. The monoisotopic (exact) mass is 551 g/mol. The Kier molecular flexibility index (Phi) is 6.98. The average Bonchev–Trinajstić information content (AvgIpc) is 3.50. The lowest BCUT2D eigenvalue weighted by Gasteiger charge is -2.27. The minimum absolute atomic E-state index is 0.0495. The zero-order valence-electron chi connectivity index (χ0n) is 21.1. The number of amides is 3. The number of nitrogens with zero attached hydrogens (tertiary/aromatic N) is 2. The van der Waals surface area contributed by atoms with E-state index in [9.17, 15) is 22.8 Å². The average molecular weight is 552 g/mol. The van der Waals surface area contributed by atoms with Crippen LogP contribution >= 0.6 is 0 Å². The minimum Gasteiger partial charge on any atom is -0.497 e. The molecule has 1 atom stereocenters. The quantitative estimate of drug-likeness (QED) is 0.423. The van der Waals surface area contributed by atoms with Gasteiger partial charge in [0.1, 0.15) is 11.8 Å². The first-order valence-electron chi connectivity index (χ1n) is 12.0. The van der Waals surface area contributed by atoms with Gasteiger partial charge in [0.05, 0.1) is 24.1 Å². The molecule has 0 spiro atoms. The highest BCUT2D eigenvalue weighted by Crippen LogP contribution is 2.35. The van der Waals surface area contributed by atoms with E-state index >= 15 is 0 Å². The van der Waals surface area contributed by atoms with Crippen molar-refractivity contribution in [2.45, 2.75) is 30.8 Å². The number of fused-ring (bicyclic) bond motifs is 1. The van der Waals surface area contributed by atoms with Crippen LogP contribution in [0.15, 0.2) is 71.6 Å². The molecule has 0 saturated carbocycles. The number of methoxy groups -OCH3 is 1. The molecule has 2 aliphatic heterocycles. The van der Waals surface area contributed by atoms with E-state index in [-0.39, 0.29) is 30.6 Å². The number of rotatable bonds is 8. The Bertz CT molecular complexity index is 1540. The van der Waals surface area contributed by atoms with E-state index in [4.69, 9.17) is 14.2 Å². The summed E-state index contributed by atoms with van der Waals surface area (Å²) in [7, 11) is -2.79. The Morgan fingerprint density at radius 3 is 2.38 bits per heavy atom. The van der Waals surface area contributed by atoms with Crippen molar-refractivity contribution in [1.29, 1.82) is 0 Å². The van der Waals surface area contributed by atoms with Crippen LogP contribution in [0.4, 0.5) is 11.4 Å². The molecule has 39 heavy (non-hydrogen) atoms. The lowest BCUT2D eigenvalue weighted by molar-refractivity contribution is -0.122. The van der Waals surface area contributed by atoms with Crippen molar-refractivity contribution in [3.63, 3.8) is 0 Å². The molecule has 3 aromatic carbocycles. The molecule has 1 saturated heterocycles. The van der Waals surface area contributed by atoms with Crippen LogP contribution < -0.4 is 24.4 Å². The van der Waals surface area contributed by atoms with Gasteiger partial charge < -0.3 is 19.5 Å². The van der Waals surface area contributed by atoms with Crippen LogP contribution in [0, 0.1) is 0 Å². The molecule has 3 amide bonds. The van der Waals surface area contributed by atoms with Crippen LogP contribution in [0.1, 0.15) is 18.9 Å². The van der Waals surface area contributed by atoms with Crippen LogP contribution in [0.25, 0.3) is 0 Å². The predicted octanol–water partition coefficient (Wildman–Crippen LogP) is 2.91. The molecule has 2 heterocycles. The summed E-state index contributed by atoms with van der Waals surface area (Å²) in [5, 5.41) is 2.59. The van der Waals surface area contributed by atoms with E-state index in [2.05, 4.69) is 5.32 Å². The van der Waals surface area contributed by atoms with Gasteiger partial charge in [-0.1, -0.05) is 6.07 Å². The van der Waals surface area contributed by atoms with E-state index < -0.39 is 27.9 Å². The minimum atomic E-state index is -4.29. The Labute approximate surface area is 224 Å². The topological polar surface area (TPSA) is 132 Å². The largest absolute Gasteiger partial charge is 0.497 e. The number of benzene rings is 3. The Hall–Kier alpha value is -4.42. The molecule has 202 valence electrons. The van der Waals surface area contributed by atoms with Crippen molar-refractivity contribution in [3.05, 3.63) is 72.3 Å². The van der Waals surface area contributed by atoms with Crippen LogP contribution in [0.3, 0.4) is 0 Å². The van der Waals surface area contributed by atoms with Gasteiger partial charge in [0.15, 0.2) is 11.5 Å². The van der Waals surface area contributed by atoms with E-state index in [1.54, 1.807) is 42.5 Å². The second-order valence-corrected chi connectivity index (χ2v) is 10.8. The smallest absolute Gasteiger partial charge is 0.252 e. The van der Waals surface area contributed by atoms with Crippen molar-refractivity contribution in [3.8, 4) is 17.2 Å². The number of carbonyl (C=O) groups is 3. The summed E-state index contributed by atoms with van der Waals surface area (Å²) < 4.78 is 44.9. The number of anilines is 2. The van der Waals surface area contributed by atoms with Gasteiger partial charge in [-0.15, -0.1) is 0 Å². The summed E-state index contributed by atoms with van der Waals surface area (Å²) >= 11 is 0. The fourth-order valence-electron chi connectivity index (χ4n) is 4.47. The van der Waals surface area contributed by atoms with Crippen molar-refractivity contribution >= 4 is 39.1 Å². The number of carbonyl (C=O) groups excluding carboxylic acids is 3. The molecule has 0 bridgehead atoms. The van der Waals surface area contributed by atoms with Gasteiger partial charge in [0, 0.05) is 19.2 Å². The molecule has 1 N–H and O–H groups in total. The lowest BCUT2D eigenvalue weighted by Crippen LogP contribution is -2.45. The molecule has 11 nitrogen and oxygen atoms in total. The summed E-state index contributed by atoms with van der Waals surface area (Å²) in [4.78, 5) is 38.9. The fourth-order valence-corrected chi connectivity index (χ4v) is 6.04. The maximum absolute atomic E-state index is 14.0. The van der Waals surface area contributed by atoms with E-state index in [1.165, 1.54) is 38.3 Å². The van der Waals surface area contributed by atoms with Crippen molar-refractivity contribution in [2.75, 3.05) is 24.1 Å². The second kappa shape index (κ2) is 10.4. The van der Waals surface area contributed by atoms with Gasteiger partial charge in [0.2, 0.25) is 28.6 Å². The third-order valence-electron chi connectivity index (χ3n) is 6.36. The molecule has 1 unspecified atom stereocenters. The fraction of sp³-hybridized carbons (Fsp3) is 0.222. The molecule has 12 heteroatoms. The van der Waals surface area contributed by atoms with Crippen LogP contribution in [0.5, 0.6) is 17.2 Å². The predicted molar refractivity (Wildman–Crippen MR) is 140 cm³/mol. The van der Waals surface area contributed by atoms with Gasteiger partial charge in [-0.05, 0) is 66.2 Å². The zero-order chi connectivity index (χ0) is 27.7. The van der Waals surface area contributed by atoms with E-state index in [0.717, 1.165) is 9.21 Å². The summed E-state index contributed by atoms with van der Waals surface area (Å²) in [6.07, 6.45) is -0.335. The molecular weight excluding hydrogens is 526 g/mol. The number of hydrogen-bond acceptors (Lipinski definition) is 8. The molecule has 5 rings (SSSR count). The van der Waals surface area contributed by atoms with Crippen molar-refractivity contribution in [2.24, 2.45) is 0 Å². The van der Waals surface area contributed by atoms with Crippen LogP contribution in [-0.2, 0) is 31.0 Å². The first-order chi connectivity index (χ1) is 18.7. The standard InChI is InChI=1S/C27H25N3O8S/c1-17(31)28-19-4-10-22(11-5-19)39(34,35)29(15-18-3-12-24-25(13-18)38-16-37-24)23-14-26(32)30(27(23)33)20-6-8-21(36-2)9-7-20/h3-13,23H,14-16H2,1-2H3,(H,28,31). The molecule has 0 aromatic heterocycles. The van der Waals surface area contributed by atoms with E-state index in [1.807, 2.05) is 0 Å². The Morgan fingerprint density at radius 2 is 1.72 bits per heavy atom. The zero-order valence-corrected chi connectivity index (χ0v) is 21.9. The SMILES string of the molecule is COc1ccc(N2C(=O)CC(N(Cc3ccc4c(c3)OCO4)S(=O)(=O)c3ccc(NC(C)=O)cc3)C2=O)cc1. The van der Waals surface area contributed by atoms with Gasteiger partial charge in [-0.3, -0.25) is 14.4 Å². The number of sulfonamides is 1. The molecular formula is C27H25N3O8S. The number of ether oxygens (including phenoxy) is 3. The summed E-state index contributed by atoms with van der Waals surface area (Å²) in [5.74, 6) is 0.0389. The van der Waals surface area contributed by atoms with Gasteiger partial charge in [0.25, 0.3) is 5.91 Å². The third-order valence-corrected chi connectivity index (χ3v) is 8.23. The van der Waals surface area contributed by atoms with Gasteiger partial charge >= 0.3 is 0 Å². The highest BCUT2D eigenvalue weighted by molar-refractivity contribution is 7.89. The van der Waals surface area contributed by atoms with E-state index in [0.29, 0.717) is 34.2 Å². The molecule has 0 aliphatic carbocycles. The molecule has 1 fully saturated rings.